The van der Waals surface area contributed by atoms with Gasteiger partial charge in [-0.2, -0.15) is 0 Å². The third kappa shape index (κ3) is 1.02. The topological polar surface area (TPSA) is 38.8 Å². The van der Waals surface area contributed by atoms with Crippen molar-refractivity contribution in [2.24, 2.45) is 17.3 Å². The molecule has 0 N–H and O–H groups in total. The highest BCUT2D eigenvalue weighted by Gasteiger charge is 2.75. The summed E-state index contributed by atoms with van der Waals surface area (Å²) in [6.45, 7) is 4.62. The van der Waals surface area contributed by atoms with E-state index in [1.807, 2.05) is 0 Å². The zero-order valence-corrected chi connectivity index (χ0v) is 9.58. The zero-order valence-electron chi connectivity index (χ0n) is 9.58. The minimum atomic E-state index is -0.147. The molecule has 84 valence electrons. The van der Waals surface area contributed by atoms with Crippen LogP contribution in [0.2, 0.25) is 0 Å². The molecule has 4 aliphatic rings. The second-order valence-corrected chi connectivity index (χ2v) is 5.86. The van der Waals surface area contributed by atoms with E-state index in [0.717, 1.165) is 12.3 Å². The summed E-state index contributed by atoms with van der Waals surface area (Å²) in [5.41, 5.74) is 0.215. The summed E-state index contributed by atoms with van der Waals surface area (Å²) in [6.07, 6.45) is 3.17. The van der Waals surface area contributed by atoms with E-state index in [-0.39, 0.29) is 11.6 Å². The highest BCUT2D eigenvalue weighted by atomic mass is 16.6. The molecule has 0 aromatic rings. The van der Waals surface area contributed by atoms with Crippen LogP contribution in [0.15, 0.2) is 0 Å². The fourth-order valence-corrected chi connectivity index (χ4v) is 3.87. The molecule has 4 rings (SSSR count). The molecule has 0 unspecified atom stereocenters. The number of ether oxygens (including phenoxy) is 2. The zero-order chi connectivity index (χ0) is 10.8. The molecule has 1 heterocycles. The van der Waals surface area contributed by atoms with Gasteiger partial charge in [-0.1, -0.05) is 13.8 Å². The summed E-state index contributed by atoms with van der Waals surface area (Å²) in [7, 11) is 1.45. The van der Waals surface area contributed by atoms with Gasteiger partial charge in [0, 0.05) is 0 Å². The molecule has 0 amide bonds. The highest BCUT2D eigenvalue weighted by molar-refractivity contribution is 5.71. The van der Waals surface area contributed by atoms with Gasteiger partial charge in [0.05, 0.1) is 19.6 Å². The lowest BCUT2D eigenvalue weighted by Gasteiger charge is -2.57. The van der Waals surface area contributed by atoms with Crippen molar-refractivity contribution < 1.29 is 14.3 Å². The summed E-state index contributed by atoms with van der Waals surface area (Å²) < 4.78 is 10.6. The van der Waals surface area contributed by atoms with Crippen LogP contribution >= 0.6 is 0 Å². The van der Waals surface area contributed by atoms with E-state index in [4.69, 9.17) is 9.47 Å². The van der Waals surface area contributed by atoms with Gasteiger partial charge < -0.3 is 9.47 Å². The lowest BCUT2D eigenvalue weighted by Crippen LogP contribution is -2.57. The van der Waals surface area contributed by atoms with Crippen molar-refractivity contribution in [1.82, 2.24) is 0 Å². The van der Waals surface area contributed by atoms with E-state index < -0.39 is 0 Å². The van der Waals surface area contributed by atoms with Crippen LogP contribution in [0.1, 0.15) is 33.1 Å². The molecule has 0 aromatic carbocycles. The first-order chi connectivity index (χ1) is 7.00. The van der Waals surface area contributed by atoms with E-state index in [1.165, 1.54) is 13.5 Å². The van der Waals surface area contributed by atoms with Gasteiger partial charge in [-0.3, -0.25) is 4.79 Å². The summed E-state index contributed by atoms with van der Waals surface area (Å²) in [5, 5.41) is 0. The second kappa shape index (κ2) is 2.57. The first-order valence-electron chi connectivity index (χ1n) is 5.75. The molecule has 0 aromatic heterocycles. The molecule has 3 aliphatic carbocycles. The number of esters is 1. The van der Waals surface area contributed by atoms with E-state index in [9.17, 15) is 4.79 Å². The van der Waals surface area contributed by atoms with Crippen molar-refractivity contribution in [3.8, 4) is 0 Å². The number of methoxy groups -OCH3 is 1. The van der Waals surface area contributed by atoms with Crippen LogP contribution in [0.25, 0.3) is 0 Å². The fraction of sp³-hybridized carbons (Fsp3) is 0.917. The van der Waals surface area contributed by atoms with Gasteiger partial charge in [0.15, 0.2) is 0 Å². The summed E-state index contributed by atoms with van der Waals surface area (Å²) in [4.78, 5) is 11.4. The first-order valence-corrected chi connectivity index (χ1v) is 5.75. The lowest BCUT2D eigenvalue weighted by atomic mass is 9.45. The molecule has 3 nitrogen and oxygen atoms in total. The Morgan fingerprint density at radius 1 is 1.47 bits per heavy atom. The molecule has 3 saturated carbocycles. The Morgan fingerprint density at radius 3 is 2.80 bits per heavy atom. The third-order valence-corrected chi connectivity index (χ3v) is 5.06. The number of carbonyl (C=O) groups excluding carboxylic acids is 1. The van der Waals surface area contributed by atoms with Gasteiger partial charge >= 0.3 is 5.97 Å². The Hall–Kier alpha value is -0.570. The lowest BCUT2D eigenvalue weighted by molar-refractivity contribution is -0.147. The fourth-order valence-electron chi connectivity index (χ4n) is 3.87. The Morgan fingerprint density at radius 2 is 2.20 bits per heavy atom. The van der Waals surface area contributed by atoms with E-state index in [0.29, 0.717) is 23.9 Å². The molecule has 3 heteroatoms. The average Bonchev–Trinajstić information content (AvgIpc) is 2.90. The number of hydrogen-bond donors (Lipinski definition) is 0. The SMILES string of the molecule is COC(=O)C[C@]12O[C@H]1C[C@H]1C[C@@H]2C1(C)C. The summed E-state index contributed by atoms with van der Waals surface area (Å²) in [5.74, 6) is 1.24. The predicted octanol–water partition coefficient (Wildman–Crippen LogP) is 1.75. The number of epoxide rings is 1. The van der Waals surface area contributed by atoms with Crippen molar-refractivity contribution in [1.29, 1.82) is 0 Å². The predicted molar refractivity (Wildman–Crippen MR) is 54.2 cm³/mol. The quantitative estimate of drug-likeness (QED) is 0.515. The molecular formula is C12H18O3. The van der Waals surface area contributed by atoms with Crippen LogP contribution in [0.5, 0.6) is 0 Å². The minimum absolute atomic E-state index is 0.126. The highest BCUT2D eigenvalue weighted by Crippen LogP contribution is 2.71. The average molecular weight is 210 g/mol. The maximum Gasteiger partial charge on any atom is 0.308 e. The Labute approximate surface area is 90.1 Å². The molecule has 1 aliphatic heterocycles. The van der Waals surface area contributed by atoms with Crippen molar-refractivity contribution in [3.05, 3.63) is 0 Å². The number of rotatable bonds is 2. The molecule has 0 radical (unpaired) electrons. The van der Waals surface area contributed by atoms with Crippen LogP contribution in [-0.4, -0.2) is 24.8 Å². The van der Waals surface area contributed by atoms with Crippen LogP contribution in [0.4, 0.5) is 0 Å². The van der Waals surface area contributed by atoms with Gasteiger partial charge in [0.25, 0.3) is 0 Å². The molecule has 4 atom stereocenters. The first kappa shape index (κ1) is 9.64. The Balaban J connectivity index is 1.81. The molecular weight excluding hydrogens is 192 g/mol. The van der Waals surface area contributed by atoms with E-state index in [1.54, 1.807) is 0 Å². The van der Waals surface area contributed by atoms with E-state index in [2.05, 4.69) is 13.8 Å². The molecule has 2 bridgehead atoms. The van der Waals surface area contributed by atoms with Gasteiger partial charge in [-0.25, -0.2) is 0 Å². The smallest absolute Gasteiger partial charge is 0.308 e. The maximum atomic E-state index is 11.4. The monoisotopic (exact) mass is 210 g/mol. The van der Waals surface area contributed by atoms with Crippen LogP contribution in [-0.2, 0) is 14.3 Å². The van der Waals surface area contributed by atoms with Gasteiger partial charge in [-0.15, -0.1) is 0 Å². The van der Waals surface area contributed by atoms with Crippen LogP contribution in [0.3, 0.4) is 0 Å². The molecule has 4 fully saturated rings. The number of hydrogen-bond acceptors (Lipinski definition) is 3. The van der Waals surface area contributed by atoms with Crippen LogP contribution in [0, 0.1) is 17.3 Å². The third-order valence-electron chi connectivity index (χ3n) is 5.06. The van der Waals surface area contributed by atoms with Gasteiger partial charge in [-0.05, 0) is 30.1 Å². The van der Waals surface area contributed by atoms with Crippen LogP contribution < -0.4 is 0 Å². The van der Waals surface area contributed by atoms with Gasteiger partial charge in [0.1, 0.15) is 5.60 Å². The number of carbonyl (C=O) groups is 1. The Bertz CT molecular complexity index is 323. The normalized spacial score (nSPS) is 48.9. The molecule has 1 saturated heterocycles. The Kier molecular flexibility index (Phi) is 1.65. The second-order valence-electron chi connectivity index (χ2n) is 5.86. The van der Waals surface area contributed by atoms with Crippen molar-refractivity contribution >= 4 is 5.97 Å². The van der Waals surface area contributed by atoms with Gasteiger partial charge in [0.2, 0.25) is 0 Å². The molecule has 0 spiro atoms. The van der Waals surface area contributed by atoms with E-state index >= 15 is 0 Å². The molecule has 15 heavy (non-hydrogen) atoms. The largest absolute Gasteiger partial charge is 0.469 e. The summed E-state index contributed by atoms with van der Waals surface area (Å²) >= 11 is 0. The maximum absolute atomic E-state index is 11.4. The standard InChI is InChI=1S/C12H18O3/c1-11(2)7-4-8(11)12(6-10(13)14-3)9(5-7)15-12/h7-9H,4-6H2,1-3H3/t7-,8-,9+,12-/m1/s1. The minimum Gasteiger partial charge on any atom is -0.469 e. The van der Waals surface area contributed by atoms with Crippen molar-refractivity contribution in [3.63, 3.8) is 0 Å². The van der Waals surface area contributed by atoms with Crippen molar-refractivity contribution in [2.75, 3.05) is 7.11 Å². The summed E-state index contributed by atoms with van der Waals surface area (Å²) in [6, 6.07) is 0. The van der Waals surface area contributed by atoms with Crippen molar-refractivity contribution in [2.45, 2.75) is 44.8 Å².